The van der Waals surface area contributed by atoms with Gasteiger partial charge in [0, 0.05) is 5.39 Å². The fourth-order valence-corrected chi connectivity index (χ4v) is 1.85. The number of furan rings is 1. The second-order valence-electron chi connectivity index (χ2n) is 3.61. The molecule has 0 bridgehead atoms. The Hall–Kier alpha value is -0.990. The van der Waals surface area contributed by atoms with E-state index < -0.39 is 6.10 Å². The molecule has 0 aliphatic heterocycles. The van der Waals surface area contributed by atoms with Crippen molar-refractivity contribution < 1.29 is 9.52 Å². The van der Waals surface area contributed by atoms with Gasteiger partial charge < -0.3 is 9.52 Å². The molecule has 0 spiro atoms. The first-order valence-corrected chi connectivity index (χ1v) is 5.46. The Labute approximate surface area is 93.5 Å². The lowest BCUT2D eigenvalue weighted by molar-refractivity contribution is 0.141. The van der Waals surface area contributed by atoms with E-state index in [0.29, 0.717) is 22.8 Å². The van der Waals surface area contributed by atoms with E-state index in [9.17, 15) is 5.11 Å². The maximum atomic E-state index is 9.78. The van der Waals surface area contributed by atoms with Crippen LogP contribution in [0.25, 0.3) is 11.0 Å². The van der Waals surface area contributed by atoms with Crippen LogP contribution in [0, 0.1) is 0 Å². The van der Waals surface area contributed by atoms with Crippen molar-refractivity contribution in [3.63, 3.8) is 0 Å². The van der Waals surface area contributed by atoms with E-state index >= 15 is 0 Å². The zero-order valence-corrected chi connectivity index (χ0v) is 9.29. The van der Waals surface area contributed by atoms with Crippen molar-refractivity contribution in [1.29, 1.82) is 0 Å². The van der Waals surface area contributed by atoms with Crippen LogP contribution < -0.4 is 0 Å². The van der Waals surface area contributed by atoms with Gasteiger partial charge in [-0.15, -0.1) is 0 Å². The number of aliphatic hydroxyl groups excluding tert-OH is 1. The summed E-state index contributed by atoms with van der Waals surface area (Å²) in [6.07, 6.45) is 1.10. The molecular formula is C12H13ClO2. The van der Waals surface area contributed by atoms with Gasteiger partial charge in [0.15, 0.2) is 5.58 Å². The van der Waals surface area contributed by atoms with Crippen LogP contribution in [0.2, 0.25) is 5.02 Å². The average Bonchev–Trinajstić information content (AvgIpc) is 2.63. The van der Waals surface area contributed by atoms with Gasteiger partial charge in [0.2, 0.25) is 0 Å². The van der Waals surface area contributed by atoms with E-state index in [1.165, 1.54) is 0 Å². The summed E-state index contributed by atoms with van der Waals surface area (Å²) in [6, 6.07) is 7.42. The zero-order valence-electron chi connectivity index (χ0n) is 8.53. The highest BCUT2D eigenvalue weighted by Crippen LogP contribution is 2.30. The molecule has 2 aromatic rings. The minimum atomic E-state index is -0.529. The van der Waals surface area contributed by atoms with Gasteiger partial charge in [-0.1, -0.05) is 37.1 Å². The first-order chi connectivity index (χ1) is 7.22. The molecule has 1 aromatic carbocycles. The molecule has 1 atom stereocenters. The molecule has 1 N–H and O–H groups in total. The van der Waals surface area contributed by atoms with E-state index in [1.807, 2.05) is 25.1 Å². The van der Waals surface area contributed by atoms with E-state index in [1.54, 1.807) is 6.07 Å². The highest BCUT2D eigenvalue weighted by molar-refractivity contribution is 6.34. The van der Waals surface area contributed by atoms with Crippen LogP contribution in [0.15, 0.2) is 28.7 Å². The number of halogens is 1. The lowest BCUT2D eigenvalue weighted by atomic mass is 10.1. The molecule has 1 aromatic heterocycles. The fourth-order valence-electron chi connectivity index (χ4n) is 1.63. The van der Waals surface area contributed by atoms with Crippen molar-refractivity contribution in [3.05, 3.63) is 35.0 Å². The average molecular weight is 225 g/mol. The third-order valence-electron chi connectivity index (χ3n) is 2.41. The molecule has 0 aliphatic rings. The van der Waals surface area contributed by atoms with Crippen LogP contribution in [0.1, 0.15) is 31.6 Å². The van der Waals surface area contributed by atoms with Crippen LogP contribution in [-0.2, 0) is 0 Å². The molecule has 0 radical (unpaired) electrons. The summed E-state index contributed by atoms with van der Waals surface area (Å²) >= 11 is 5.98. The van der Waals surface area contributed by atoms with Crippen molar-refractivity contribution in [1.82, 2.24) is 0 Å². The van der Waals surface area contributed by atoms with E-state index in [0.717, 1.165) is 11.8 Å². The van der Waals surface area contributed by atoms with Gasteiger partial charge in [-0.3, -0.25) is 0 Å². The van der Waals surface area contributed by atoms with Gasteiger partial charge >= 0.3 is 0 Å². The van der Waals surface area contributed by atoms with Gasteiger partial charge in [0.25, 0.3) is 0 Å². The summed E-state index contributed by atoms with van der Waals surface area (Å²) in [4.78, 5) is 0. The van der Waals surface area contributed by atoms with Crippen LogP contribution in [0.4, 0.5) is 0 Å². The Bertz CT molecular complexity index is 462. The summed E-state index contributed by atoms with van der Waals surface area (Å²) in [5.41, 5.74) is 0.657. The topological polar surface area (TPSA) is 33.4 Å². The standard InChI is InChI=1S/C12H13ClO2/c1-2-4-10(14)11-7-8-5-3-6-9(13)12(8)15-11/h3,5-7,10,14H,2,4H2,1H3. The largest absolute Gasteiger partial charge is 0.457 e. The lowest BCUT2D eigenvalue weighted by Gasteiger charge is -2.03. The van der Waals surface area contributed by atoms with E-state index in [2.05, 4.69) is 0 Å². The molecule has 2 rings (SSSR count). The number of hydrogen-bond acceptors (Lipinski definition) is 2. The minimum absolute atomic E-state index is 0.529. The summed E-state index contributed by atoms with van der Waals surface area (Å²) in [7, 11) is 0. The smallest absolute Gasteiger partial charge is 0.152 e. The van der Waals surface area contributed by atoms with Crippen molar-refractivity contribution in [2.75, 3.05) is 0 Å². The SMILES string of the molecule is CCCC(O)c1cc2cccc(Cl)c2o1. The van der Waals surface area contributed by atoms with Gasteiger partial charge in [-0.05, 0) is 18.6 Å². The van der Waals surface area contributed by atoms with Crippen LogP contribution >= 0.6 is 11.6 Å². The van der Waals surface area contributed by atoms with Crippen molar-refractivity contribution >= 4 is 22.6 Å². The molecular weight excluding hydrogens is 212 g/mol. The second-order valence-corrected chi connectivity index (χ2v) is 4.02. The van der Waals surface area contributed by atoms with Gasteiger partial charge in [-0.25, -0.2) is 0 Å². The summed E-state index contributed by atoms with van der Waals surface area (Å²) < 4.78 is 5.53. The number of rotatable bonds is 3. The van der Waals surface area contributed by atoms with Crippen molar-refractivity contribution in [3.8, 4) is 0 Å². The van der Waals surface area contributed by atoms with Gasteiger partial charge in [0.1, 0.15) is 11.9 Å². The minimum Gasteiger partial charge on any atom is -0.457 e. The number of aliphatic hydroxyl groups is 1. The number of fused-ring (bicyclic) bond motifs is 1. The summed E-state index contributed by atoms with van der Waals surface area (Å²) in [5, 5.41) is 11.3. The quantitative estimate of drug-likeness (QED) is 0.857. The molecule has 3 heteroatoms. The molecule has 0 aliphatic carbocycles. The van der Waals surface area contributed by atoms with E-state index in [4.69, 9.17) is 16.0 Å². The third-order valence-corrected chi connectivity index (χ3v) is 2.70. The molecule has 80 valence electrons. The normalized spacial score (nSPS) is 13.3. The van der Waals surface area contributed by atoms with Crippen molar-refractivity contribution in [2.24, 2.45) is 0 Å². The Kier molecular flexibility index (Phi) is 2.98. The predicted octanol–water partition coefficient (Wildman–Crippen LogP) is 3.92. The van der Waals surface area contributed by atoms with Crippen molar-refractivity contribution in [2.45, 2.75) is 25.9 Å². The Morgan fingerprint density at radius 2 is 2.27 bits per heavy atom. The molecule has 0 amide bonds. The van der Waals surface area contributed by atoms with Crippen LogP contribution in [0.3, 0.4) is 0 Å². The van der Waals surface area contributed by atoms with Crippen LogP contribution in [-0.4, -0.2) is 5.11 Å². The zero-order chi connectivity index (χ0) is 10.8. The summed E-state index contributed by atoms with van der Waals surface area (Å²) in [5.74, 6) is 0.597. The Balaban J connectivity index is 2.43. The number of hydrogen-bond donors (Lipinski definition) is 1. The Morgan fingerprint density at radius 3 is 2.93 bits per heavy atom. The van der Waals surface area contributed by atoms with E-state index in [-0.39, 0.29) is 0 Å². The summed E-state index contributed by atoms with van der Waals surface area (Å²) in [6.45, 7) is 2.03. The van der Waals surface area contributed by atoms with Crippen LogP contribution in [0.5, 0.6) is 0 Å². The first-order valence-electron chi connectivity index (χ1n) is 5.08. The molecule has 0 saturated heterocycles. The molecule has 1 unspecified atom stereocenters. The maximum Gasteiger partial charge on any atom is 0.152 e. The fraction of sp³-hybridized carbons (Fsp3) is 0.333. The molecule has 2 nitrogen and oxygen atoms in total. The molecule has 0 saturated carbocycles. The number of benzene rings is 1. The second kappa shape index (κ2) is 4.25. The monoisotopic (exact) mass is 224 g/mol. The predicted molar refractivity (Wildman–Crippen MR) is 61.1 cm³/mol. The third kappa shape index (κ3) is 2.01. The first kappa shape index (κ1) is 10.5. The molecule has 1 heterocycles. The maximum absolute atomic E-state index is 9.78. The highest BCUT2D eigenvalue weighted by atomic mass is 35.5. The Morgan fingerprint density at radius 1 is 1.47 bits per heavy atom. The van der Waals surface area contributed by atoms with Gasteiger partial charge in [0.05, 0.1) is 5.02 Å². The molecule has 0 fully saturated rings. The highest BCUT2D eigenvalue weighted by Gasteiger charge is 2.13. The van der Waals surface area contributed by atoms with Gasteiger partial charge in [-0.2, -0.15) is 0 Å². The number of para-hydroxylation sites is 1. The molecule has 15 heavy (non-hydrogen) atoms. The lowest BCUT2D eigenvalue weighted by Crippen LogP contribution is -1.93.